The molecule has 138 valence electrons. The summed E-state index contributed by atoms with van der Waals surface area (Å²) in [5.41, 5.74) is 10.4. The third kappa shape index (κ3) is 3.42. The van der Waals surface area contributed by atoms with E-state index in [0.717, 1.165) is 46.3 Å². The average Bonchev–Trinajstić information content (AvgIpc) is 3.25. The van der Waals surface area contributed by atoms with E-state index in [9.17, 15) is 4.79 Å². The van der Waals surface area contributed by atoms with Gasteiger partial charge in [-0.3, -0.25) is 9.89 Å². The van der Waals surface area contributed by atoms with E-state index in [2.05, 4.69) is 38.7 Å². The van der Waals surface area contributed by atoms with Crippen LogP contribution < -0.4 is 15.8 Å². The van der Waals surface area contributed by atoms with Crippen molar-refractivity contribution in [3.8, 4) is 17.1 Å². The predicted octanol–water partition coefficient (Wildman–Crippen LogP) is 2.68. The van der Waals surface area contributed by atoms with Gasteiger partial charge in [0, 0.05) is 48.9 Å². The maximum atomic E-state index is 11.1. The van der Waals surface area contributed by atoms with Gasteiger partial charge in [0.05, 0.1) is 11.2 Å². The predicted molar refractivity (Wildman–Crippen MR) is 105 cm³/mol. The number of carbonyl (C=O) groups excluding carboxylic acids is 1. The largest absolute Gasteiger partial charge is 0.427 e. The van der Waals surface area contributed by atoms with E-state index in [-0.39, 0.29) is 5.97 Å². The summed E-state index contributed by atoms with van der Waals surface area (Å²) >= 11 is 0. The van der Waals surface area contributed by atoms with Crippen molar-refractivity contribution in [1.82, 2.24) is 20.5 Å². The van der Waals surface area contributed by atoms with Crippen LogP contribution in [0.5, 0.6) is 5.75 Å². The molecule has 0 saturated heterocycles. The quantitative estimate of drug-likeness (QED) is 0.239. The van der Waals surface area contributed by atoms with Gasteiger partial charge in [0.15, 0.2) is 0 Å². The second kappa shape index (κ2) is 7.22. The van der Waals surface area contributed by atoms with E-state index in [1.165, 1.54) is 12.5 Å². The first kappa shape index (κ1) is 17.3. The van der Waals surface area contributed by atoms with Crippen LogP contribution >= 0.6 is 0 Å². The number of nitrogens with two attached hydrogens (primary N) is 1. The van der Waals surface area contributed by atoms with Crippen LogP contribution in [0.15, 0.2) is 42.5 Å². The Hall–Kier alpha value is -3.16. The van der Waals surface area contributed by atoms with Crippen molar-refractivity contribution in [2.24, 2.45) is 5.73 Å². The van der Waals surface area contributed by atoms with E-state index in [1.807, 2.05) is 12.1 Å². The van der Waals surface area contributed by atoms with Crippen LogP contribution in [0.2, 0.25) is 0 Å². The molecule has 0 spiro atoms. The lowest BCUT2D eigenvalue weighted by Crippen LogP contribution is -2.21. The number of nitrogens with zero attached hydrogens (tertiary/aromatic N) is 1. The molecule has 2 aromatic heterocycles. The highest BCUT2D eigenvalue weighted by Crippen LogP contribution is 2.31. The first-order valence-corrected chi connectivity index (χ1v) is 8.84. The number of benzene rings is 2. The van der Waals surface area contributed by atoms with Crippen molar-refractivity contribution in [3.63, 3.8) is 0 Å². The van der Waals surface area contributed by atoms with E-state index in [4.69, 9.17) is 10.5 Å². The Morgan fingerprint density at radius 2 is 2.07 bits per heavy atom. The molecule has 0 fully saturated rings. The number of hydrogen-bond donors (Lipinski definition) is 4. The summed E-state index contributed by atoms with van der Waals surface area (Å²) in [5, 5.41) is 12.9. The van der Waals surface area contributed by atoms with Crippen LogP contribution in [-0.2, 0) is 11.3 Å². The molecular formula is C20H21N5O2. The van der Waals surface area contributed by atoms with E-state index >= 15 is 0 Å². The van der Waals surface area contributed by atoms with Gasteiger partial charge < -0.3 is 20.8 Å². The van der Waals surface area contributed by atoms with Crippen molar-refractivity contribution in [1.29, 1.82) is 0 Å². The van der Waals surface area contributed by atoms with Crippen LogP contribution in [0.1, 0.15) is 12.5 Å². The van der Waals surface area contributed by atoms with Crippen molar-refractivity contribution >= 4 is 27.8 Å². The summed E-state index contributed by atoms with van der Waals surface area (Å²) < 4.78 is 5.14. The molecule has 0 unspecified atom stereocenters. The summed E-state index contributed by atoms with van der Waals surface area (Å²) in [6, 6.07) is 13.8. The van der Waals surface area contributed by atoms with E-state index < -0.39 is 0 Å². The van der Waals surface area contributed by atoms with Gasteiger partial charge in [-0.1, -0.05) is 12.1 Å². The SMILES string of the molecule is CC(=O)Oc1ccc2c(-c3cc4c(CNCCN)cccc4[nH]3)n[nH]c2c1. The highest BCUT2D eigenvalue weighted by Gasteiger charge is 2.13. The Kier molecular flexibility index (Phi) is 4.62. The highest BCUT2D eigenvalue weighted by molar-refractivity contribution is 5.97. The minimum absolute atomic E-state index is 0.347. The number of H-pyrrole nitrogens is 2. The number of nitrogens with one attached hydrogen (secondary N) is 3. The molecule has 0 aliphatic carbocycles. The summed E-state index contributed by atoms with van der Waals surface area (Å²) in [7, 11) is 0. The molecular weight excluding hydrogens is 342 g/mol. The summed E-state index contributed by atoms with van der Waals surface area (Å²) in [5.74, 6) is 0.149. The molecule has 0 saturated carbocycles. The number of esters is 1. The Morgan fingerprint density at radius 1 is 1.19 bits per heavy atom. The molecule has 5 N–H and O–H groups in total. The molecule has 4 aromatic rings. The zero-order valence-electron chi connectivity index (χ0n) is 15.0. The molecule has 7 nitrogen and oxygen atoms in total. The van der Waals surface area contributed by atoms with Gasteiger partial charge in [-0.2, -0.15) is 5.10 Å². The molecule has 0 aliphatic rings. The second-order valence-electron chi connectivity index (χ2n) is 6.40. The Bertz CT molecular complexity index is 1110. The van der Waals surface area contributed by atoms with Gasteiger partial charge in [0.1, 0.15) is 11.4 Å². The van der Waals surface area contributed by atoms with Crippen LogP contribution in [0, 0.1) is 0 Å². The van der Waals surface area contributed by atoms with Crippen molar-refractivity contribution in [3.05, 3.63) is 48.0 Å². The van der Waals surface area contributed by atoms with Gasteiger partial charge in [0.25, 0.3) is 0 Å². The summed E-state index contributed by atoms with van der Waals surface area (Å²) in [4.78, 5) is 14.6. The average molecular weight is 363 g/mol. The standard InChI is InChI=1S/C20H21N5O2/c1-12(26)27-14-5-6-15-18(9-14)24-25-20(15)19-10-16-13(11-22-8-7-21)3-2-4-17(16)23-19/h2-6,9-10,22-23H,7-8,11,21H2,1H3,(H,24,25). The first-order valence-electron chi connectivity index (χ1n) is 8.84. The number of carbonyl (C=O) groups is 1. The number of fused-ring (bicyclic) bond motifs is 2. The molecule has 27 heavy (non-hydrogen) atoms. The number of aromatic nitrogens is 3. The molecule has 0 aliphatic heterocycles. The van der Waals surface area contributed by atoms with Gasteiger partial charge in [-0.25, -0.2) is 0 Å². The van der Waals surface area contributed by atoms with Gasteiger partial charge >= 0.3 is 5.97 Å². The Morgan fingerprint density at radius 3 is 2.89 bits per heavy atom. The molecule has 7 heteroatoms. The van der Waals surface area contributed by atoms with Gasteiger partial charge in [-0.15, -0.1) is 0 Å². The fraction of sp³-hybridized carbons (Fsp3) is 0.200. The third-order valence-electron chi connectivity index (χ3n) is 4.44. The summed E-state index contributed by atoms with van der Waals surface area (Å²) in [6.07, 6.45) is 0. The topological polar surface area (TPSA) is 109 Å². The zero-order chi connectivity index (χ0) is 18.8. The maximum Gasteiger partial charge on any atom is 0.308 e. The number of ether oxygens (including phenoxy) is 1. The normalized spacial score (nSPS) is 11.3. The zero-order valence-corrected chi connectivity index (χ0v) is 15.0. The Labute approximate surface area is 155 Å². The lowest BCUT2D eigenvalue weighted by Gasteiger charge is -2.04. The van der Waals surface area contributed by atoms with Crippen LogP contribution in [0.25, 0.3) is 33.2 Å². The fourth-order valence-corrected chi connectivity index (χ4v) is 3.26. The monoisotopic (exact) mass is 363 g/mol. The first-order chi connectivity index (χ1) is 13.2. The number of aromatic amines is 2. The van der Waals surface area contributed by atoms with Crippen molar-refractivity contribution in [2.75, 3.05) is 13.1 Å². The fourth-order valence-electron chi connectivity index (χ4n) is 3.26. The second-order valence-corrected chi connectivity index (χ2v) is 6.40. The lowest BCUT2D eigenvalue weighted by atomic mass is 10.1. The van der Waals surface area contributed by atoms with Gasteiger partial charge in [-0.05, 0) is 29.8 Å². The molecule has 0 bridgehead atoms. The number of rotatable bonds is 6. The maximum absolute atomic E-state index is 11.1. The molecule has 0 atom stereocenters. The van der Waals surface area contributed by atoms with Crippen LogP contribution in [-0.4, -0.2) is 34.2 Å². The minimum Gasteiger partial charge on any atom is -0.427 e. The summed E-state index contributed by atoms with van der Waals surface area (Å²) in [6.45, 7) is 3.54. The molecule has 2 heterocycles. The minimum atomic E-state index is -0.347. The lowest BCUT2D eigenvalue weighted by molar-refractivity contribution is -0.131. The number of hydrogen-bond acceptors (Lipinski definition) is 5. The van der Waals surface area contributed by atoms with E-state index in [0.29, 0.717) is 12.3 Å². The highest BCUT2D eigenvalue weighted by atomic mass is 16.5. The Balaban J connectivity index is 1.71. The molecule has 0 radical (unpaired) electrons. The smallest absolute Gasteiger partial charge is 0.308 e. The molecule has 2 aromatic carbocycles. The third-order valence-corrected chi connectivity index (χ3v) is 4.44. The van der Waals surface area contributed by atoms with Crippen molar-refractivity contribution in [2.45, 2.75) is 13.5 Å². The molecule has 0 amide bonds. The van der Waals surface area contributed by atoms with Gasteiger partial charge in [0.2, 0.25) is 0 Å². The van der Waals surface area contributed by atoms with Crippen LogP contribution in [0.3, 0.4) is 0 Å². The molecule has 4 rings (SSSR count). The van der Waals surface area contributed by atoms with E-state index in [1.54, 1.807) is 12.1 Å². The van der Waals surface area contributed by atoms with Crippen molar-refractivity contribution < 1.29 is 9.53 Å². The van der Waals surface area contributed by atoms with Crippen LogP contribution in [0.4, 0.5) is 0 Å².